The fraction of sp³-hybridized carbons (Fsp3) is 0.300. The molecule has 32 heavy (non-hydrogen) atoms. The number of nitrogens with zero attached hydrogens (tertiary/aromatic N) is 1. The van der Waals surface area contributed by atoms with E-state index in [-0.39, 0.29) is 48.2 Å². The Hall–Kier alpha value is -3.09. The van der Waals surface area contributed by atoms with E-state index in [2.05, 4.69) is 10.1 Å². The zero-order valence-electron chi connectivity index (χ0n) is 16.7. The van der Waals surface area contributed by atoms with Crippen molar-refractivity contribution in [3.63, 3.8) is 0 Å². The number of nitrogens with one attached hydrogen (secondary N) is 1. The molecule has 0 unspecified atom stereocenters. The van der Waals surface area contributed by atoms with E-state index in [0.717, 1.165) is 6.07 Å². The molecule has 2 aromatic rings. The summed E-state index contributed by atoms with van der Waals surface area (Å²) in [5.74, 6) is -1.96. The van der Waals surface area contributed by atoms with Crippen LogP contribution in [0.3, 0.4) is 0 Å². The third-order valence-electron chi connectivity index (χ3n) is 4.39. The number of hydrogen-bond acceptors (Lipinski definition) is 7. The van der Waals surface area contributed by atoms with E-state index in [0.29, 0.717) is 0 Å². The second-order valence-electron chi connectivity index (χ2n) is 6.54. The number of anilines is 1. The van der Waals surface area contributed by atoms with Crippen molar-refractivity contribution in [2.24, 2.45) is 0 Å². The summed E-state index contributed by atoms with van der Waals surface area (Å²) < 4.78 is 66.0. The van der Waals surface area contributed by atoms with Crippen molar-refractivity contribution in [1.82, 2.24) is 4.31 Å². The van der Waals surface area contributed by atoms with Gasteiger partial charge in [0, 0.05) is 13.1 Å². The van der Waals surface area contributed by atoms with Crippen LogP contribution in [-0.4, -0.2) is 64.1 Å². The number of rotatable bonds is 8. The molecule has 1 saturated heterocycles. The number of amides is 1. The van der Waals surface area contributed by atoms with Crippen LogP contribution in [0.4, 0.5) is 14.5 Å². The molecule has 1 aliphatic rings. The molecule has 2 aromatic carbocycles. The summed E-state index contributed by atoms with van der Waals surface area (Å²) in [4.78, 5) is 24.3. The van der Waals surface area contributed by atoms with Gasteiger partial charge >= 0.3 is 12.6 Å². The van der Waals surface area contributed by atoms with Crippen LogP contribution in [0, 0.1) is 0 Å². The molecule has 172 valence electrons. The molecule has 0 atom stereocenters. The Morgan fingerprint density at radius 2 is 1.81 bits per heavy atom. The molecule has 9 nitrogen and oxygen atoms in total. The molecular formula is C20H20F2N2O7S. The fourth-order valence-electron chi connectivity index (χ4n) is 2.89. The topological polar surface area (TPSA) is 111 Å². The van der Waals surface area contributed by atoms with Crippen molar-refractivity contribution in [3.8, 4) is 5.75 Å². The molecule has 1 heterocycles. The molecule has 1 N–H and O–H groups in total. The first-order valence-corrected chi connectivity index (χ1v) is 10.9. The van der Waals surface area contributed by atoms with Crippen LogP contribution < -0.4 is 10.1 Å². The summed E-state index contributed by atoms with van der Waals surface area (Å²) in [6.45, 7) is -2.83. The summed E-state index contributed by atoms with van der Waals surface area (Å²) in [5, 5.41) is 2.31. The molecule has 0 radical (unpaired) electrons. The van der Waals surface area contributed by atoms with Crippen molar-refractivity contribution in [3.05, 3.63) is 54.1 Å². The molecule has 0 aromatic heterocycles. The number of halogens is 2. The quantitative estimate of drug-likeness (QED) is 0.588. The molecule has 0 aliphatic carbocycles. The summed E-state index contributed by atoms with van der Waals surface area (Å²) in [5.41, 5.74) is -0.0824. The predicted octanol–water partition coefficient (Wildman–Crippen LogP) is 2.10. The van der Waals surface area contributed by atoms with Gasteiger partial charge in [0.25, 0.3) is 5.91 Å². The molecule has 1 fully saturated rings. The van der Waals surface area contributed by atoms with E-state index >= 15 is 0 Å². The maximum atomic E-state index is 12.7. The second kappa shape index (κ2) is 10.5. The molecular weight excluding hydrogens is 450 g/mol. The Labute approximate surface area is 182 Å². The van der Waals surface area contributed by atoms with Crippen molar-refractivity contribution in [2.45, 2.75) is 11.5 Å². The lowest BCUT2D eigenvalue weighted by Crippen LogP contribution is -2.40. The first-order chi connectivity index (χ1) is 15.3. The van der Waals surface area contributed by atoms with Crippen LogP contribution in [0.1, 0.15) is 10.4 Å². The lowest BCUT2D eigenvalue weighted by molar-refractivity contribution is -0.119. The standard InChI is InChI=1S/C20H20F2N2O7S/c21-20(22)31-17-7-2-1-6-16(17)23-18(25)13-30-19(26)14-4-3-5-15(12-14)32(27,28)24-8-10-29-11-9-24/h1-7,12,20H,8-11,13H2,(H,23,25). The smallest absolute Gasteiger partial charge is 0.387 e. The minimum absolute atomic E-state index is 0.0209. The number of esters is 1. The highest BCUT2D eigenvalue weighted by Crippen LogP contribution is 2.25. The highest BCUT2D eigenvalue weighted by molar-refractivity contribution is 7.89. The van der Waals surface area contributed by atoms with Gasteiger partial charge in [0.1, 0.15) is 5.75 Å². The number of benzene rings is 2. The number of sulfonamides is 1. The maximum absolute atomic E-state index is 12.7. The van der Waals surface area contributed by atoms with Gasteiger partial charge in [-0.15, -0.1) is 0 Å². The first kappa shape index (κ1) is 23.6. The van der Waals surface area contributed by atoms with Gasteiger partial charge in [-0.2, -0.15) is 13.1 Å². The molecule has 0 bridgehead atoms. The fourth-order valence-corrected chi connectivity index (χ4v) is 4.34. The number of hydrogen-bond donors (Lipinski definition) is 1. The van der Waals surface area contributed by atoms with Gasteiger partial charge in [0.2, 0.25) is 10.0 Å². The van der Waals surface area contributed by atoms with Crippen molar-refractivity contribution >= 4 is 27.6 Å². The summed E-state index contributed by atoms with van der Waals surface area (Å²) in [7, 11) is -3.81. The largest absolute Gasteiger partial charge is 0.452 e. The third-order valence-corrected chi connectivity index (χ3v) is 6.28. The van der Waals surface area contributed by atoms with Gasteiger partial charge in [-0.3, -0.25) is 4.79 Å². The van der Waals surface area contributed by atoms with Crippen LogP contribution in [-0.2, 0) is 24.3 Å². The average Bonchev–Trinajstić information content (AvgIpc) is 2.79. The van der Waals surface area contributed by atoms with E-state index in [1.54, 1.807) is 0 Å². The van der Waals surface area contributed by atoms with Gasteiger partial charge in [-0.25, -0.2) is 13.2 Å². The minimum atomic E-state index is -3.81. The van der Waals surface area contributed by atoms with E-state index in [9.17, 15) is 26.8 Å². The van der Waals surface area contributed by atoms with Crippen molar-refractivity contribution in [1.29, 1.82) is 0 Å². The number of para-hydroxylation sites is 2. The van der Waals surface area contributed by atoms with Crippen LogP contribution >= 0.6 is 0 Å². The Balaban J connectivity index is 1.62. The van der Waals surface area contributed by atoms with Crippen LogP contribution in [0.25, 0.3) is 0 Å². The summed E-state index contributed by atoms with van der Waals surface area (Å²) in [6.07, 6.45) is 0. The van der Waals surface area contributed by atoms with Crippen molar-refractivity contribution < 1.29 is 41.0 Å². The predicted molar refractivity (Wildman–Crippen MR) is 108 cm³/mol. The summed E-state index contributed by atoms with van der Waals surface area (Å²) >= 11 is 0. The van der Waals surface area contributed by atoms with E-state index < -0.39 is 35.1 Å². The highest BCUT2D eigenvalue weighted by atomic mass is 32.2. The number of alkyl halides is 2. The summed E-state index contributed by atoms with van der Waals surface area (Å²) in [6, 6.07) is 10.8. The van der Waals surface area contributed by atoms with Crippen LogP contribution in [0.5, 0.6) is 5.75 Å². The van der Waals surface area contributed by atoms with Crippen LogP contribution in [0.2, 0.25) is 0 Å². The highest BCUT2D eigenvalue weighted by Gasteiger charge is 2.27. The molecule has 0 spiro atoms. The lowest BCUT2D eigenvalue weighted by atomic mass is 10.2. The van der Waals surface area contributed by atoms with Crippen LogP contribution in [0.15, 0.2) is 53.4 Å². The molecule has 12 heteroatoms. The monoisotopic (exact) mass is 470 g/mol. The number of carbonyl (C=O) groups excluding carboxylic acids is 2. The maximum Gasteiger partial charge on any atom is 0.387 e. The Morgan fingerprint density at radius 1 is 1.09 bits per heavy atom. The molecule has 1 aliphatic heterocycles. The Kier molecular flexibility index (Phi) is 7.72. The molecule has 1 amide bonds. The second-order valence-corrected chi connectivity index (χ2v) is 8.48. The SMILES string of the molecule is O=C(COC(=O)c1cccc(S(=O)(=O)N2CCOCC2)c1)Nc1ccccc1OC(F)F. The normalized spacial score (nSPS) is 14.7. The molecule has 3 rings (SSSR count). The van der Waals surface area contributed by atoms with E-state index in [4.69, 9.17) is 9.47 Å². The van der Waals surface area contributed by atoms with Gasteiger partial charge < -0.3 is 19.5 Å². The lowest BCUT2D eigenvalue weighted by Gasteiger charge is -2.26. The van der Waals surface area contributed by atoms with Gasteiger partial charge in [-0.05, 0) is 30.3 Å². The first-order valence-electron chi connectivity index (χ1n) is 9.46. The zero-order chi connectivity index (χ0) is 23.1. The van der Waals surface area contributed by atoms with Gasteiger partial charge in [0.05, 0.1) is 29.4 Å². The van der Waals surface area contributed by atoms with Gasteiger partial charge in [0.15, 0.2) is 6.61 Å². The average molecular weight is 470 g/mol. The van der Waals surface area contributed by atoms with E-state index in [1.807, 2.05) is 0 Å². The molecule has 0 saturated carbocycles. The third kappa shape index (κ3) is 5.99. The van der Waals surface area contributed by atoms with E-state index in [1.165, 1.54) is 46.8 Å². The number of ether oxygens (including phenoxy) is 3. The minimum Gasteiger partial charge on any atom is -0.452 e. The number of carbonyl (C=O) groups is 2. The van der Waals surface area contributed by atoms with Crippen molar-refractivity contribution in [2.75, 3.05) is 38.2 Å². The Bertz CT molecular complexity index is 1070. The van der Waals surface area contributed by atoms with Gasteiger partial charge in [-0.1, -0.05) is 18.2 Å². The number of morpholine rings is 1. The Morgan fingerprint density at radius 3 is 2.53 bits per heavy atom. The zero-order valence-corrected chi connectivity index (χ0v) is 17.5.